The maximum Gasteiger partial charge on any atom is 0.227 e. The molecule has 124 valence electrons. The zero-order valence-corrected chi connectivity index (χ0v) is 13.8. The lowest BCUT2D eigenvalue weighted by Gasteiger charge is -2.20. The van der Waals surface area contributed by atoms with E-state index in [2.05, 4.69) is 5.32 Å². The summed E-state index contributed by atoms with van der Waals surface area (Å²) in [6.45, 7) is 2.41. The molecule has 1 saturated carbocycles. The van der Waals surface area contributed by atoms with Gasteiger partial charge in [0.15, 0.2) is 0 Å². The number of rotatable bonds is 4. The fourth-order valence-electron chi connectivity index (χ4n) is 3.52. The summed E-state index contributed by atoms with van der Waals surface area (Å²) in [5.74, 6) is 0.397. The molecule has 1 aliphatic carbocycles. The van der Waals surface area contributed by atoms with Crippen LogP contribution in [0, 0.1) is 12.8 Å². The molecule has 1 N–H and O–H groups in total. The summed E-state index contributed by atoms with van der Waals surface area (Å²) >= 11 is 0. The quantitative estimate of drug-likeness (QED) is 0.928. The van der Waals surface area contributed by atoms with Crippen LogP contribution in [-0.2, 0) is 9.59 Å². The van der Waals surface area contributed by atoms with Gasteiger partial charge in [-0.2, -0.15) is 0 Å². The van der Waals surface area contributed by atoms with Crippen LogP contribution in [0.4, 0.5) is 5.69 Å². The van der Waals surface area contributed by atoms with Crippen molar-refractivity contribution in [1.82, 2.24) is 5.32 Å². The van der Waals surface area contributed by atoms with Crippen molar-refractivity contribution in [3.63, 3.8) is 0 Å². The van der Waals surface area contributed by atoms with Crippen LogP contribution in [-0.4, -0.2) is 31.5 Å². The number of amides is 2. The Labute approximate surface area is 137 Å². The number of nitrogens with zero attached hydrogens (tertiary/aromatic N) is 1. The van der Waals surface area contributed by atoms with Crippen LogP contribution < -0.4 is 15.0 Å². The van der Waals surface area contributed by atoms with E-state index in [0.717, 1.165) is 24.1 Å². The smallest absolute Gasteiger partial charge is 0.227 e. The molecule has 1 heterocycles. The number of nitrogens with one attached hydrogen (secondary N) is 1. The van der Waals surface area contributed by atoms with Gasteiger partial charge in [-0.25, -0.2) is 0 Å². The number of benzene rings is 1. The van der Waals surface area contributed by atoms with Gasteiger partial charge in [-0.05, 0) is 37.5 Å². The number of carbonyl (C=O) groups excluding carboxylic acids is 2. The number of aryl methyl sites for hydroxylation is 1. The molecular weight excluding hydrogens is 292 g/mol. The lowest BCUT2D eigenvalue weighted by molar-refractivity contribution is -0.126. The van der Waals surface area contributed by atoms with Crippen LogP contribution in [0.15, 0.2) is 18.2 Å². The average molecular weight is 316 g/mol. The predicted molar refractivity (Wildman–Crippen MR) is 88.6 cm³/mol. The zero-order chi connectivity index (χ0) is 16.4. The Morgan fingerprint density at radius 3 is 2.74 bits per heavy atom. The van der Waals surface area contributed by atoms with Crippen molar-refractivity contribution in [2.75, 3.05) is 18.6 Å². The van der Waals surface area contributed by atoms with Gasteiger partial charge < -0.3 is 15.0 Å². The molecule has 5 nitrogen and oxygen atoms in total. The third-order valence-corrected chi connectivity index (χ3v) is 4.82. The third kappa shape index (κ3) is 3.33. The molecule has 1 aromatic carbocycles. The Morgan fingerprint density at radius 2 is 2.04 bits per heavy atom. The van der Waals surface area contributed by atoms with E-state index in [0.29, 0.717) is 18.3 Å². The second-order valence-electron chi connectivity index (χ2n) is 6.57. The maximum absolute atomic E-state index is 12.4. The Hall–Kier alpha value is -2.04. The summed E-state index contributed by atoms with van der Waals surface area (Å²) in [5.41, 5.74) is 1.82. The summed E-state index contributed by atoms with van der Waals surface area (Å²) in [5, 5.41) is 3.10. The van der Waals surface area contributed by atoms with Gasteiger partial charge in [0.2, 0.25) is 11.8 Å². The monoisotopic (exact) mass is 316 g/mol. The molecule has 2 amide bonds. The third-order valence-electron chi connectivity index (χ3n) is 4.82. The topological polar surface area (TPSA) is 58.6 Å². The molecular formula is C18H24N2O3. The van der Waals surface area contributed by atoms with Gasteiger partial charge in [0.1, 0.15) is 5.75 Å². The molecule has 1 saturated heterocycles. The first-order chi connectivity index (χ1) is 11.1. The SMILES string of the molecule is COc1ccc(C)cc1N1C[C@@H](C(=O)NC2CCCC2)CC1=O. The van der Waals surface area contributed by atoms with Gasteiger partial charge in [0.05, 0.1) is 18.7 Å². The summed E-state index contributed by atoms with van der Waals surface area (Å²) in [7, 11) is 1.60. The van der Waals surface area contributed by atoms with Crippen molar-refractivity contribution in [3.05, 3.63) is 23.8 Å². The second kappa shape index (κ2) is 6.60. The normalized spacial score (nSPS) is 21.7. The van der Waals surface area contributed by atoms with E-state index < -0.39 is 0 Å². The Morgan fingerprint density at radius 1 is 1.30 bits per heavy atom. The number of hydrogen-bond donors (Lipinski definition) is 1. The Balaban J connectivity index is 1.72. The zero-order valence-electron chi connectivity index (χ0n) is 13.8. The largest absolute Gasteiger partial charge is 0.495 e. The first-order valence-electron chi connectivity index (χ1n) is 8.34. The second-order valence-corrected chi connectivity index (χ2v) is 6.57. The minimum atomic E-state index is -0.270. The van der Waals surface area contributed by atoms with Crippen LogP contribution in [0.5, 0.6) is 5.75 Å². The number of anilines is 1. The highest BCUT2D eigenvalue weighted by atomic mass is 16.5. The van der Waals surface area contributed by atoms with Crippen molar-refractivity contribution >= 4 is 17.5 Å². The number of carbonyl (C=O) groups is 2. The van der Waals surface area contributed by atoms with Gasteiger partial charge in [0.25, 0.3) is 0 Å². The molecule has 1 aliphatic heterocycles. The summed E-state index contributed by atoms with van der Waals surface area (Å²) in [6, 6.07) is 6.05. The summed E-state index contributed by atoms with van der Waals surface area (Å²) in [4.78, 5) is 26.5. The standard InChI is InChI=1S/C18H24N2O3/c1-12-7-8-16(23-2)15(9-12)20-11-13(10-17(20)21)18(22)19-14-5-3-4-6-14/h7-9,13-14H,3-6,10-11H2,1-2H3,(H,19,22)/t13-/m0/s1. The average Bonchev–Trinajstić information content (AvgIpc) is 3.16. The highest BCUT2D eigenvalue weighted by Gasteiger charge is 2.37. The number of hydrogen-bond acceptors (Lipinski definition) is 3. The van der Waals surface area contributed by atoms with E-state index in [1.807, 2.05) is 25.1 Å². The van der Waals surface area contributed by atoms with Crippen molar-refractivity contribution in [2.45, 2.75) is 45.1 Å². The van der Waals surface area contributed by atoms with E-state index in [1.165, 1.54) is 12.8 Å². The molecule has 5 heteroatoms. The maximum atomic E-state index is 12.4. The lowest BCUT2D eigenvalue weighted by atomic mass is 10.1. The molecule has 2 aliphatic rings. The van der Waals surface area contributed by atoms with Gasteiger partial charge >= 0.3 is 0 Å². The molecule has 23 heavy (non-hydrogen) atoms. The summed E-state index contributed by atoms with van der Waals surface area (Å²) in [6.07, 6.45) is 4.75. The van der Waals surface area contributed by atoms with Crippen LogP contribution in [0.3, 0.4) is 0 Å². The van der Waals surface area contributed by atoms with Crippen LogP contribution in [0.2, 0.25) is 0 Å². The molecule has 3 rings (SSSR count). The molecule has 0 aromatic heterocycles. The van der Waals surface area contributed by atoms with Crippen LogP contribution >= 0.6 is 0 Å². The first kappa shape index (κ1) is 15.8. The minimum Gasteiger partial charge on any atom is -0.495 e. The van der Waals surface area contributed by atoms with E-state index >= 15 is 0 Å². The van der Waals surface area contributed by atoms with E-state index in [-0.39, 0.29) is 24.2 Å². The summed E-state index contributed by atoms with van der Waals surface area (Å²) < 4.78 is 5.37. The van der Waals surface area contributed by atoms with Crippen LogP contribution in [0.25, 0.3) is 0 Å². The van der Waals surface area contributed by atoms with E-state index in [9.17, 15) is 9.59 Å². The first-order valence-corrected chi connectivity index (χ1v) is 8.34. The molecule has 2 fully saturated rings. The lowest BCUT2D eigenvalue weighted by Crippen LogP contribution is -2.38. The predicted octanol–water partition coefficient (Wildman–Crippen LogP) is 2.42. The van der Waals surface area contributed by atoms with Crippen molar-refractivity contribution in [1.29, 1.82) is 0 Å². The van der Waals surface area contributed by atoms with E-state index in [1.54, 1.807) is 12.0 Å². The van der Waals surface area contributed by atoms with Gasteiger partial charge in [-0.1, -0.05) is 18.9 Å². The van der Waals surface area contributed by atoms with Gasteiger partial charge in [0, 0.05) is 19.0 Å². The molecule has 1 aromatic rings. The van der Waals surface area contributed by atoms with Crippen molar-refractivity contribution in [2.24, 2.45) is 5.92 Å². The van der Waals surface area contributed by atoms with Gasteiger partial charge in [-0.15, -0.1) is 0 Å². The number of ether oxygens (including phenoxy) is 1. The molecule has 0 spiro atoms. The highest BCUT2D eigenvalue weighted by Crippen LogP contribution is 2.34. The van der Waals surface area contributed by atoms with Gasteiger partial charge in [-0.3, -0.25) is 9.59 Å². The number of methoxy groups -OCH3 is 1. The molecule has 1 atom stereocenters. The Bertz CT molecular complexity index is 608. The molecule has 0 radical (unpaired) electrons. The Kier molecular flexibility index (Phi) is 4.55. The minimum absolute atomic E-state index is 0.0133. The van der Waals surface area contributed by atoms with Crippen molar-refractivity contribution in [3.8, 4) is 5.75 Å². The fourth-order valence-corrected chi connectivity index (χ4v) is 3.52. The molecule has 0 bridgehead atoms. The van der Waals surface area contributed by atoms with Crippen molar-refractivity contribution < 1.29 is 14.3 Å². The fraction of sp³-hybridized carbons (Fsp3) is 0.556. The van der Waals surface area contributed by atoms with Crippen LogP contribution in [0.1, 0.15) is 37.7 Å². The highest BCUT2D eigenvalue weighted by molar-refractivity contribution is 6.01. The van der Waals surface area contributed by atoms with E-state index in [4.69, 9.17) is 4.74 Å². The molecule has 0 unspecified atom stereocenters.